The van der Waals surface area contributed by atoms with Gasteiger partial charge in [-0.25, -0.2) is 0 Å². The van der Waals surface area contributed by atoms with Crippen molar-refractivity contribution in [1.29, 1.82) is 0 Å². The van der Waals surface area contributed by atoms with E-state index in [1.807, 2.05) is 0 Å². The van der Waals surface area contributed by atoms with Gasteiger partial charge in [-0.2, -0.15) is 0 Å². The van der Waals surface area contributed by atoms with E-state index in [0.29, 0.717) is 0 Å². The summed E-state index contributed by atoms with van der Waals surface area (Å²) in [6.45, 7) is 4.84. The van der Waals surface area contributed by atoms with E-state index in [1.54, 1.807) is 12.1 Å². The van der Waals surface area contributed by atoms with Crippen LogP contribution in [0, 0.1) is 0 Å². The first-order valence-electron chi connectivity index (χ1n) is 12.4. The topological polar surface area (TPSA) is 35.9 Å². The van der Waals surface area contributed by atoms with Gasteiger partial charge >= 0.3 is 6.36 Å². The normalized spacial score (nSPS) is 24.9. The lowest BCUT2D eigenvalue weighted by Crippen LogP contribution is -2.53. The van der Waals surface area contributed by atoms with Crippen molar-refractivity contribution in [2.45, 2.75) is 88.1 Å². The number of piperazine rings is 1. The molecule has 1 atom stereocenters. The van der Waals surface area contributed by atoms with Gasteiger partial charge in [-0.05, 0) is 43.4 Å². The number of ether oxygens (including phenoxy) is 1. The SMILES string of the molecule is OC1(C(CN2CCN(C3CCCCC3)CC2)c2ccc(OC(F)(F)F)cc2)CCCCC1. The van der Waals surface area contributed by atoms with E-state index in [9.17, 15) is 18.3 Å². The highest BCUT2D eigenvalue weighted by atomic mass is 19.4. The van der Waals surface area contributed by atoms with Crippen molar-refractivity contribution in [2.24, 2.45) is 0 Å². The molecule has 0 radical (unpaired) electrons. The minimum atomic E-state index is -4.69. The molecule has 1 saturated heterocycles. The number of aliphatic hydroxyl groups is 1. The van der Waals surface area contributed by atoms with Crippen molar-refractivity contribution in [3.8, 4) is 5.75 Å². The highest BCUT2D eigenvalue weighted by molar-refractivity contribution is 5.32. The molecule has 1 aliphatic heterocycles. The van der Waals surface area contributed by atoms with Crippen LogP contribution in [0.4, 0.5) is 13.2 Å². The maximum atomic E-state index is 12.6. The predicted molar refractivity (Wildman–Crippen MR) is 119 cm³/mol. The molecular weight excluding hydrogens is 417 g/mol. The number of hydrogen-bond acceptors (Lipinski definition) is 4. The molecule has 0 aromatic heterocycles. The maximum absolute atomic E-state index is 12.6. The minimum Gasteiger partial charge on any atom is -0.406 e. The van der Waals surface area contributed by atoms with Crippen LogP contribution in [-0.4, -0.2) is 65.6 Å². The fraction of sp³-hybridized carbons (Fsp3) is 0.760. The van der Waals surface area contributed by atoms with Crippen molar-refractivity contribution in [3.63, 3.8) is 0 Å². The van der Waals surface area contributed by atoms with Crippen LogP contribution in [0.5, 0.6) is 5.75 Å². The molecule has 1 aromatic carbocycles. The Balaban J connectivity index is 1.43. The Bertz CT molecular complexity index is 705. The summed E-state index contributed by atoms with van der Waals surface area (Å²) in [5.41, 5.74) is 0.101. The smallest absolute Gasteiger partial charge is 0.406 e. The average molecular weight is 455 g/mol. The molecule has 3 aliphatic rings. The van der Waals surface area contributed by atoms with Crippen LogP contribution < -0.4 is 4.74 Å². The zero-order chi connectivity index (χ0) is 22.6. The highest BCUT2D eigenvalue weighted by Crippen LogP contribution is 2.41. The van der Waals surface area contributed by atoms with Crippen LogP contribution in [0.3, 0.4) is 0 Å². The molecule has 0 amide bonds. The third kappa shape index (κ3) is 6.17. The summed E-state index contributed by atoms with van der Waals surface area (Å²) >= 11 is 0. The Morgan fingerprint density at radius 1 is 0.906 bits per heavy atom. The summed E-state index contributed by atoms with van der Waals surface area (Å²) in [7, 11) is 0. The summed E-state index contributed by atoms with van der Waals surface area (Å²) < 4.78 is 41.7. The summed E-state index contributed by atoms with van der Waals surface area (Å²) in [5.74, 6) is -0.319. The van der Waals surface area contributed by atoms with E-state index >= 15 is 0 Å². The Hall–Kier alpha value is -1.31. The van der Waals surface area contributed by atoms with E-state index < -0.39 is 12.0 Å². The van der Waals surface area contributed by atoms with E-state index in [0.717, 1.165) is 76.4 Å². The summed E-state index contributed by atoms with van der Waals surface area (Å²) in [6.07, 6.45) is 6.61. The van der Waals surface area contributed by atoms with Gasteiger partial charge in [-0.3, -0.25) is 4.90 Å². The van der Waals surface area contributed by atoms with E-state index in [1.165, 1.54) is 44.2 Å². The Morgan fingerprint density at radius 3 is 2.09 bits per heavy atom. The van der Waals surface area contributed by atoms with Gasteiger partial charge in [0.2, 0.25) is 0 Å². The van der Waals surface area contributed by atoms with Crippen molar-refractivity contribution in [3.05, 3.63) is 29.8 Å². The summed E-state index contributed by atoms with van der Waals surface area (Å²) in [4.78, 5) is 5.08. The minimum absolute atomic E-state index is 0.107. The van der Waals surface area contributed by atoms with Gasteiger partial charge in [-0.15, -0.1) is 13.2 Å². The molecule has 4 rings (SSSR count). The first-order valence-corrected chi connectivity index (χ1v) is 12.4. The number of benzene rings is 1. The van der Waals surface area contributed by atoms with Gasteiger partial charge < -0.3 is 14.7 Å². The molecule has 1 unspecified atom stereocenters. The molecule has 32 heavy (non-hydrogen) atoms. The third-order valence-corrected chi connectivity index (χ3v) is 7.82. The second-order valence-corrected chi connectivity index (χ2v) is 9.96. The molecule has 2 aliphatic carbocycles. The van der Waals surface area contributed by atoms with Gasteiger partial charge in [-0.1, -0.05) is 50.7 Å². The van der Waals surface area contributed by atoms with Gasteiger partial charge in [0.05, 0.1) is 5.60 Å². The zero-order valence-corrected chi connectivity index (χ0v) is 19.0. The van der Waals surface area contributed by atoms with Gasteiger partial charge in [0, 0.05) is 44.7 Å². The third-order valence-electron chi connectivity index (χ3n) is 7.82. The molecule has 1 N–H and O–H groups in total. The monoisotopic (exact) mass is 454 g/mol. The van der Waals surface area contributed by atoms with Crippen LogP contribution in [0.2, 0.25) is 0 Å². The lowest BCUT2D eigenvalue weighted by Gasteiger charge is -2.45. The molecular formula is C25H37F3N2O2. The fourth-order valence-electron chi connectivity index (χ4n) is 6.02. The molecule has 3 fully saturated rings. The first-order chi connectivity index (χ1) is 15.3. The van der Waals surface area contributed by atoms with Gasteiger partial charge in [0.1, 0.15) is 5.75 Å². The lowest BCUT2D eigenvalue weighted by molar-refractivity contribution is -0.274. The number of rotatable bonds is 6. The van der Waals surface area contributed by atoms with Crippen LogP contribution in [-0.2, 0) is 0 Å². The second kappa shape index (κ2) is 10.3. The molecule has 0 spiro atoms. The number of hydrogen-bond donors (Lipinski definition) is 1. The van der Waals surface area contributed by atoms with Crippen LogP contribution >= 0.6 is 0 Å². The molecule has 1 aromatic rings. The van der Waals surface area contributed by atoms with Crippen LogP contribution in [0.1, 0.15) is 75.7 Å². The quantitative estimate of drug-likeness (QED) is 0.632. The van der Waals surface area contributed by atoms with E-state index in [-0.39, 0.29) is 11.7 Å². The summed E-state index contributed by atoms with van der Waals surface area (Å²) in [6, 6.07) is 6.89. The highest BCUT2D eigenvalue weighted by Gasteiger charge is 2.40. The Morgan fingerprint density at radius 2 is 1.50 bits per heavy atom. The lowest BCUT2D eigenvalue weighted by atomic mass is 9.72. The molecule has 2 saturated carbocycles. The maximum Gasteiger partial charge on any atom is 0.573 e. The van der Waals surface area contributed by atoms with Crippen molar-refractivity contribution in [1.82, 2.24) is 9.80 Å². The second-order valence-electron chi connectivity index (χ2n) is 9.96. The van der Waals surface area contributed by atoms with Crippen LogP contribution in [0.25, 0.3) is 0 Å². The zero-order valence-electron chi connectivity index (χ0n) is 19.0. The molecule has 0 bridgehead atoms. The Labute approximate surface area is 189 Å². The number of nitrogens with zero attached hydrogens (tertiary/aromatic N) is 2. The van der Waals surface area contributed by atoms with Crippen molar-refractivity contribution >= 4 is 0 Å². The predicted octanol–water partition coefficient (Wildman–Crippen LogP) is 5.31. The molecule has 7 heteroatoms. The van der Waals surface area contributed by atoms with E-state index in [4.69, 9.17) is 0 Å². The fourth-order valence-corrected chi connectivity index (χ4v) is 6.02. The van der Waals surface area contributed by atoms with Crippen LogP contribution in [0.15, 0.2) is 24.3 Å². The largest absolute Gasteiger partial charge is 0.573 e. The number of halogens is 3. The van der Waals surface area contributed by atoms with Gasteiger partial charge in [0.25, 0.3) is 0 Å². The molecule has 1 heterocycles. The molecule has 180 valence electrons. The summed E-state index contributed by atoms with van der Waals surface area (Å²) in [5, 5.41) is 11.6. The average Bonchev–Trinajstić information content (AvgIpc) is 2.79. The number of alkyl halides is 3. The van der Waals surface area contributed by atoms with Gasteiger partial charge in [0.15, 0.2) is 0 Å². The van der Waals surface area contributed by atoms with Crippen molar-refractivity contribution < 1.29 is 23.0 Å². The van der Waals surface area contributed by atoms with Crippen molar-refractivity contribution in [2.75, 3.05) is 32.7 Å². The van der Waals surface area contributed by atoms with E-state index in [2.05, 4.69) is 14.5 Å². The first kappa shape index (κ1) is 23.8. The molecule has 4 nitrogen and oxygen atoms in total. The Kier molecular flexibility index (Phi) is 7.68. The standard InChI is InChI=1S/C25H37F3N2O2/c26-25(27,28)32-22-11-9-20(10-12-22)23(24(31)13-5-2-6-14-24)19-29-15-17-30(18-16-29)21-7-3-1-4-8-21/h9-12,21,23,31H,1-8,13-19H2.